The minimum atomic E-state index is -3.00. The fourth-order valence-electron chi connectivity index (χ4n) is 1.77. The van der Waals surface area contributed by atoms with Crippen molar-refractivity contribution in [1.29, 1.82) is 0 Å². The summed E-state index contributed by atoms with van der Waals surface area (Å²) in [6.07, 6.45) is 0. The molecule has 0 unspecified atom stereocenters. The first-order chi connectivity index (χ1) is 11.0. The molecule has 0 aliphatic heterocycles. The number of hydrogen-bond acceptors (Lipinski definition) is 3. The van der Waals surface area contributed by atoms with Crippen LogP contribution in [0.15, 0.2) is 42.5 Å². The number of nitrogens with one attached hydrogen (secondary N) is 2. The smallest absolute Gasteiger partial charge is 0.387 e. The van der Waals surface area contributed by atoms with Gasteiger partial charge in [0, 0.05) is 6.07 Å². The number of benzene rings is 2. The van der Waals surface area contributed by atoms with Gasteiger partial charge in [-0.2, -0.15) is 8.78 Å². The topological polar surface area (TPSA) is 50.4 Å². The van der Waals surface area contributed by atoms with Crippen LogP contribution in [0.25, 0.3) is 0 Å². The molecule has 0 saturated carbocycles. The Balaban J connectivity index is 1.97. The molecule has 0 aromatic heterocycles. The van der Waals surface area contributed by atoms with Gasteiger partial charge in [0.05, 0.1) is 17.9 Å². The molecule has 0 saturated heterocycles. The minimum Gasteiger partial charge on any atom is -0.433 e. The van der Waals surface area contributed by atoms with E-state index in [0.717, 1.165) is 12.1 Å². The SMILES string of the molecule is O=C(CNc1ccccc1OC(F)F)Nc1ccc(F)cc1F. The largest absolute Gasteiger partial charge is 0.433 e. The third-order valence-electron chi connectivity index (χ3n) is 2.75. The molecule has 1 amide bonds. The van der Waals surface area contributed by atoms with E-state index < -0.39 is 24.2 Å². The lowest BCUT2D eigenvalue weighted by atomic mass is 10.3. The number of rotatable bonds is 6. The standard InChI is InChI=1S/C15H12F4N2O2/c16-9-5-6-11(10(17)7-9)21-14(22)8-20-12-3-1-2-4-13(12)23-15(18)19/h1-7,15,20H,8H2,(H,21,22). The third kappa shape index (κ3) is 4.87. The van der Waals surface area contributed by atoms with Crippen LogP contribution in [0.3, 0.4) is 0 Å². The number of amides is 1. The first-order valence-electron chi connectivity index (χ1n) is 6.48. The fraction of sp³-hybridized carbons (Fsp3) is 0.133. The summed E-state index contributed by atoms with van der Waals surface area (Å²) in [5.74, 6) is -2.44. The zero-order chi connectivity index (χ0) is 16.8. The van der Waals surface area contributed by atoms with Crippen molar-refractivity contribution in [2.45, 2.75) is 6.61 Å². The van der Waals surface area contributed by atoms with E-state index in [4.69, 9.17) is 0 Å². The molecule has 2 aromatic carbocycles. The molecule has 2 aromatic rings. The molecule has 0 spiro atoms. The van der Waals surface area contributed by atoms with E-state index >= 15 is 0 Å². The number of anilines is 2. The molecule has 0 aliphatic carbocycles. The van der Waals surface area contributed by atoms with Crippen molar-refractivity contribution in [3.05, 3.63) is 54.1 Å². The molecule has 0 fully saturated rings. The van der Waals surface area contributed by atoms with Crippen molar-refractivity contribution < 1.29 is 27.1 Å². The lowest BCUT2D eigenvalue weighted by Gasteiger charge is -2.12. The highest BCUT2D eigenvalue weighted by Crippen LogP contribution is 2.25. The number of ether oxygens (including phenoxy) is 1. The predicted molar refractivity (Wildman–Crippen MR) is 76.6 cm³/mol. The zero-order valence-corrected chi connectivity index (χ0v) is 11.7. The molecule has 0 atom stereocenters. The van der Waals surface area contributed by atoms with Crippen molar-refractivity contribution >= 4 is 17.3 Å². The molecule has 0 aliphatic rings. The van der Waals surface area contributed by atoms with E-state index in [9.17, 15) is 22.4 Å². The fourth-order valence-corrected chi connectivity index (χ4v) is 1.77. The van der Waals surface area contributed by atoms with Crippen molar-refractivity contribution in [1.82, 2.24) is 0 Å². The number of para-hydroxylation sites is 2. The average Bonchev–Trinajstić information content (AvgIpc) is 2.49. The maximum atomic E-state index is 13.4. The Hall–Kier alpha value is -2.77. The summed E-state index contributed by atoms with van der Waals surface area (Å²) < 4.78 is 55.0. The van der Waals surface area contributed by atoms with Gasteiger partial charge in [0.15, 0.2) is 0 Å². The van der Waals surface area contributed by atoms with Gasteiger partial charge in [-0.1, -0.05) is 12.1 Å². The number of carbonyl (C=O) groups is 1. The van der Waals surface area contributed by atoms with Crippen LogP contribution in [0.1, 0.15) is 0 Å². The van der Waals surface area contributed by atoms with Gasteiger partial charge in [-0.3, -0.25) is 4.79 Å². The van der Waals surface area contributed by atoms with Gasteiger partial charge in [0.25, 0.3) is 0 Å². The highest BCUT2D eigenvalue weighted by Gasteiger charge is 2.11. The molecule has 0 bridgehead atoms. The van der Waals surface area contributed by atoms with Crippen LogP contribution in [0.2, 0.25) is 0 Å². The van der Waals surface area contributed by atoms with Gasteiger partial charge in [-0.25, -0.2) is 8.78 Å². The molecule has 4 nitrogen and oxygen atoms in total. The molecule has 0 radical (unpaired) electrons. The summed E-state index contributed by atoms with van der Waals surface area (Å²) in [5.41, 5.74) is -0.00200. The molecule has 2 N–H and O–H groups in total. The Kier molecular flexibility index (Phi) is 5.40. The summed E-state index contributed by atoms with van der Waals surface area (Å²) in [6.45, 7) is -3.32. The van der Waals surface area contributed by atoms with Gasteiger partial charge >= 0.3 is 6.61 Å². The van der Waals surface area contributed by atoms with Gasteiger partial charge < -0.3 is 15.4 Å². The summed E-state index contributed by atoms with van der Waals surface area (Å²) >= 11 is 0. The third-order valence-corrected chi connectivity index (χ3v) is 2.75. The molecule has 2 rings (SSSR count). The van der Waals surface area contributed by atoms with Crippen molar-refractivity contribution in [2.75, 3.05) is 17.2 Å². The van der Waals surface area contributed by atoms with Crippen LogP contribution in [0.4, 0.5) is 28.9 Å². The van der Waals surface area contributed by atoms with Gasteiger partial charge in [0.1, 0.15) is 17.4 Å². The maximum absolute atomic E-state index is 13.4. The molecule has 122 valence electrons. The monoisotopic (exact) mass is 328 g/mol. The Morgan fingerprint density at radius 3 is 2.52 bits per heavy atom. The van der Waals surface area contributed by atoms with Crippen molar-refractivity contribution in [3.8, 4) is 5.75 Å². The molecular weight excluding hydrogens is 316 g/mol. The maximum Gasteiger partial charge on any atom is 0.387 e. The van der Waals surface area contributed by atoms with E-state index in [1.807, 2.05) is 0 Å². The normalized spacial score (nSPS) is 10.5. The predicted octanol–water partition coefficient (Wildman–Crippen LogP) is 3.62. The van der Waals surface area contributed by atoms with Crippen molar-refractivity contribution in [3.63, 3.8) is 0 Å². The molecular formula is C15H12F4N2O2. The molecule has 23 heavy (non-hydrogen) atoms. The van der Waals surface area contributed by atoms with Gasteiger partial charge in [0.2, 0.25) is 5.91 Å². The lowest BCUT2D eigenvalue weighted by Crippen LogP contribution is -2.22. The van der Waals surface area contributed by atoms with Crippen LogP contribution in [-0.4, -0.2) is 19.1 Å². The van der Waals surface area contributed by atoms with Crippen molar-refractivity contribution in [2.24, 2.45) is 0 Å². The van der Waals surface area contributed by atoms with Gasteiger partial charge in [-0.05, 0) is 24.3 Å². The average molecular weight is 328 g/mol. The highest BCUT2D eigenvalue weighted by atomic mass is 19.3. The number of halogens is 4. The minimum absolute atomic E-state index is 0.122. The Bertz CT molecular complexity index is 695. The number of carbonyl (C=O) groups excluding carboxylic acids is 1. The molecule has 0 heterocycles. The Morgan fingerprint density at radius 2 is 1.83 bits per heavy atom. The lowest BCUT2D eigenvalue weighted by molar-refractivity contribution is -0.114. The first kappa shape index (κ1) is 16.6. The van der Waals surface area contributed by atoms with Crippen LogP contribution in [0.5, 0.6) is 5.75 Å². The summed E-state index contributed by atoms with van der Waals surface area (Å²) in [7, 11) is 0. The Labute approximate surface area is 129 Å². The highest BCUT2D eigenvalue weighted by molar-refractivity contribution is 5.94. The second-order valence-electron chi connectivity index (χ2n) is 4.40. The van der Waals surface area contributed by atoms with E-state index in [-0.39, 0.29) is 23.7 Å². The number of hydrogen-bond donors (Lipinski definition) is 2. The quantitative estimate of drug-likeness (QED) is 0.797. The summed E-state index contributed by atoms with van der Waals surface area (Å²) in [4.78, 5) is 11.7. The molecule has 8 heteroatoms. The van der Waals surface area contributed by atoms with Crippen LogP contribution >= 0.6 is 0 Å². The van der Waals surface area contributed by atoms with Crippen LogP contribution < -0.4 is 15.4 Å². The van der Waals surface area contributed by atoms with Gasteiger partial charge in [-0.15, -0.1) is 0 Å². The second kappa shape index (κ2) is 7.48. The number of alkyl halides is 2. The van der Waals surface area contributed by atoms with Crippen LogP contribution in [0, 0.1) is 11.6 Å². The summed E-state index contributed by atoms with van der Waals surface area (Å²) in [5, 5.41) is 4.84. The summed E-state index contributed by atoms with van der Waals surface area (Å²) in [6, 6.07) is 8.54. The van der Waals surface area contributed by atoms with E-state index in [0.29, 0.717) is 6.07 Å². The second-order valence-corrected chi connectivity index (χ2v) is 4.40. The zero-order valence-electron chi connectivity index (χ0n) is 11.7. The van der Waals surface area contributed by atoms with E-state index in [1.54, 1.807) is 6.07 Å². The van der Waals surface area contributed by atoms with E-state index in [2.05, 4.69) is 15.4 Å². The first-order valence-corrected chi connectivity index (χ1v) is 6.48. The Morgan fingerprint density at radius 1 is 1.09 bits per heavy atom. The van der Waals surface area contributed by atoms with Crippen LogP contribution in [-0.2, 0) is 4.79 Å². The van der Waals surface area contributed by atoms with E-state index in [1.165, 1.54) is 18.2 Å².